The van der Waals surface area contributed by atoms with Crippen LogP contribution in [0.25, 0.3) is 0 Å². The fraction of sp³-hybridized carbons (Fsp3) is 0.739. The number of aryl methyl sites for hydroxylation is 1. The molecule has 24 heavy (non-hydrogen) atoms. The first-order chi connectivity index (χ1) is 11.8. The number of unbranched alkanes of at least 4 members (excludes halogenated alkanes) is 5. The molecular formula is C23H38O. The van der Waals surface area contributed by atoms with Gasteiger partial charge in [-0.1, -0.05) is 76.6 Å². The number of benzene rings is 1. The summed E-state index contributed by atoms with van der Waals surface area (Å²) in [5.74, 6) is 1.51. The molecule has 136 valence electrons. The summed E-state index contributed by atoms with van der Waals surface area (Å²) in [5, 5.41) is 0. The third-order valence-corrected chi connectivity index (χ3v) is 5.48. The van der Waals surface area contributed by atoms with E-state index < -0.39 is 0 Å². The summed E-state index contributed by atoms with van der Waals surface area (Å²) in [4.78, 5) is 0. The lowest BCUT2D eigenvalue weighted by molar-refractivity contribution is 0.0978. The molecular weight excluding hydrogens is 292 g/mol. The van der Waals surface area contributed by atoms with Gasteiger partial charge in [-0.2, -0.15) is 0 Å². The van der Waals surface area contributed by atoms with Gasteiger partial charge in [-0.15, -0.1) is 0 Å². The Kier molecular flexibility index (Phi) is 9.50. The van der Waals surface area contributed by atoms with Gasteiger partial charge in [-0.05, 0) is 55.1 Å². The smallest absolute Gasteiger partial charge is 0.0494 e. The molecule has 1 saturated carbocycles. The molecule has 1 fully saturated rings. The van der Waals surface area contributed by atoms with E-state index in [1.54, 1.807) is 0 Å². The van der Waals surface area contributed by atoms with Crippen LogP contribution in [-0.2, 0) is 11.2 Å². The lowest BCUT2D eigenvalue weighted by Crippen LogP contribution is -2.06. The van der Waals surface area contributed by atoms with Gasteiger partial charge >= 0.3 is 0 Å². The van der Waals surface area contributed by atoms with Crippen molar-refractivity contribution in [3.63, 3.8) is 0 Å². The maximum absolute atomic E-state index is 5.83. The van der Waals surface area contributed by atoms with Crippen LogP contribution >= 0.6 is 0 Å². The van der Waals surface area contributed by atoms with E-state index in [-0.39, 0.29) is 0 Å². The van der Waals surface area contributed by atoms with Gasteiger partial charge in [0.15, 0.2) is 0 Å². The second kappa shape index (κ2) is 11.7. The normalized spacial score (nSPS) is 15.5. The van der Waals surface area contributed by atoms with Gasteiger partial charge in [0.1, 0.15) is 0 Å². The van der Waals surface area contributed by atoms with E-state index >= 15 is 0 Å². The SMILES string of the molecule is CC(C)c1ccc(CCCCCCCCOCC2CCCC2)cc1. The highest BCUT2D eigenvalue weighted by Gasteiger charge is 2.14. The Morgan fingerprint density at radius 3 is 2.17 bits per heavy atom. The van der Waals surface area contributed by atoms with Crippen molar-refractivity contribution in [2.45, 2.75) is 90.4 Å². The lowest BCUT2D eigenvalue weighted by atomic mass is 9.99. The van der Waals surface area contributed by atoms with Gasteiger partial charge in [0, 0.05) is 13.2 Å². The second-order valence-electron chi connectivity index (χ2n) is 7.99. The standard InChI is InChI=1S/C23H38O/c1-20(2)23-16-14-21(15-17-23)11-7-5-3-4-6-10-18-24-19-22-12-8-9-13-22/h14-17,20,22H,3-13,18-19H2,1-2H3. The fourth-order valence-corrected chi connectivity index (χ4v) is 3.74. The van der Waals surface area contributed by atoms with Gasteiger partial charge in [0.25, 0.3) is 0 Å². The van der Waals surface area contributed by atoms with Crippen LogP contribution in [0, 0.1) is 5.92 Å². The minimum absolute atomic E-state index is 0.640. The first-order valence-electron chi connectivity index (χ1n) is 10.4. The van der Waals surface area contributed by atoms with Crippen molar-refractivity contribution in [2.24, 2.45) is 5.92 Å². The highest BCUT2D eigenvalue weighted by Crippen LogP contribution is 2.24. The van der Waals surface area contributed by atoms with Crippen molar-refractivity contribution in [3.05, 3.63) is 35.4 Å². The van der Waals surface area contributed by atoms with Crippen LogP contribution < -0.4 is 0 Å². The van der Waals surface area contributed by atoms with Crippen molar-refractivity contribution in [1.29, 1.82) is 0 Å². The van der Waals surface area contributed by atoms with Crippen molar-refractivity contribution in [1.82, 2.24) is 0 Å². The Labute approximate surface area is 150 Å². The predicted octanol–water partition coefficient (Wildman–Crippen LogP) is 6.90. The summed E-state index contributed by atoms with van der Waals surface area (Å²) in [6.45, 7) is 6.53. The summed E-state index contributed by atoms with van der Waals surface area (Å²) in [7, 11) is 0. The molecule has 0 aromatic heterocycles. The highest BCUT2D eigenvalue weighted by atomic mass is 16.5. The molecule has 0 radical (unpaired) electrons. The van der Waals surface area contributed by atoms with E-state index in [0.717, 1.165) is 19.1 Å². The Hall–Kier alpha value is -0.820. The van der Waals surface area contributed by atoms with Crippen LogP contribution in [0.5, 0.6) is 0 Å². The average molecular weight is 331 g/mol. The number of ether oxygens (including phenoxy) is 1. The fourth-order valence-electron chi connectivity index (χ4n) is 3.74. The van der Waals surface area contributed by atoms with E-state index in [4.69, 9.17) is 4.74 Å². The van der Waals surface area contributed by atoms with Crippen LogP contribution in [0.1, 0.15) is 95.1 Å². The maximum Gasteiger partial charge on any atom is 0.0494 e. The molecule has 0 bridgehead atoms. The predicted molar refractivity (Wildman–Crippen MR) is 105 cm³/mol. The molecule has 1 aromatic rings. The quantitative estimate of drug-likeness (QED) is 0.379. The summed E-state index contributed by atoms with van der Waals surface area (Å²) in [6.07, 6.45) is 15.0. The molecule has 0 heterocycles. The highest BCUT2D eigenvalue weighted by molar-refractivity contribution is 5.24. The topological polar surface area (TPSA) is 9.23 Å². The molecule has 0 spiro atoms. The minimum Gasteiger partial charge on any atom is -0.381 e. The maximum atomic E-state index is 5.83. The van der Waals surface area contributed by atoms with Crippen LogP contribution in [0.15, 0.2) is 24.3 Å². The minimum atomic E-state index is 0.640. The zero-order valence-electron chi connectivity index (χ0n) is 16.1. The number of rotatable bonds is 12. The second-order valence-corrected chi connectivity index (χ2v) is 7.99. The lowest BCUT2D eigenvalue weighted by Gasteiger charge is -2.09. The van der Waals surface area contributed by atoms with Crippen molar-refractivity contribution < 1.29 is 4.74 Å². The van der Waals surface area contributed by atoms with Crippen LogP contribution in [0.4, 0.5) is 0 Å². The summed E-state index contributed by atoms with van der Waals surface area (Å²) < 4.78 is 5.83. The van der Waals surface area contributed by atoms with E-state index in [9.17, 15) is 0 Å². The molecule has 0 saturated heterocycles. The first-order valence-corrected chi connectivity index (χ1v) is 10.4. The molecule has 1 nitrogen and oxygen atoms in total. The summed E-state index contributed by atoms with van der Waals surface area (Å²) >= 11 is 0. The van der Waals surface area contributed by atoms with Gasteiger partial charge in [-0.3, -0.25) is 0 Å². The first kappa shape index (κ1) is 19.5. The Morgan fingerprint density at radius 2 is 1.50 bits per heavy atom. The average Bonchev–Trinajstić information content (AvgIpc) is 3.10. The van der Waals surface area contributed by atoms with Crippen LogP contribution in [0.2, 0.25) is 0 Å². The van der Waals surface area contributed by atoms with Crippen LogP contribution in [0.3, 0.4) is 0 Å². The molecule has 0 atom stereocenters. The van der Waals surface area contributed by atoms with Crippen molar-refractivity contribution >= 4 is 0 Å². The molecule has 1 aromatic carbocycles. The van der Waals surface area contributed by atoms with E-state index in [2.05, 4.69) is 38.1 Å². The van der Waals surface area contributed by atoms with Crippen molar-refractivity contribution in [3.8, 4) is 0 Å². The zero-order valence-corrected chi connectivity index (χ0v) is 16.1. The third-order valence-electron chi connectivity index (χ3n) is 5.48. The van der Waals surface area contributed by atoms with E-state index in [1.165, 1.54) is 81.8 Å². The monoisotopic (exact) mass is 330 g/mol. The molecule has 0 unspecified atom stereocenters. The molecule has 0 N–H and O–H groups in total. The third kappa shape index (κ3) is 7.83. The number of hydrogen-bond donors (Lipinski definition) is 0. The molecule has 0 amide bonds. The van der Waals surface area contributed by atoms with E-state index in [0.29, 0.717) is 5.92 Å². The Morgan fingerprint density at radius 1 is 0.875 bits per heavy atom. The molecule has 1 aliphatic rings. The van der Waals surface area contributed by atoms with Gasteiger partial charge in [0.2, 0.25) is 0 Å². The summed E-state index contributed by atoms with van der Waals surface area (Å²) in [6, 6.07) is 9.23. The Balaban J connectivity index is 1.38. The zero-order chi connectivity index (χ0) is 17.0. The van der Waals surface area contributed by atoms with Gasteiger partial charge in [0.05, 0.1) is 0 Å². The van der Waals surface area contributed by atoms with Gasteiger partial charge in [-0.25, -0.2) is 0 Å². The van der Waals surface area contributed by atoms with E-state index in [1.807, 2.05) is 0 Å². The number of hydrogen-bond acceptors (Lipinski definition) is 1. The molecule has 2 rings (SSSR count). The Bertz CT molecular complexity index is 414. The summed E-state index contributed by atoms with van der Waals surface area (Å²) in [5.41, 5.74) is 2.95. The molecule has 1 aliphatic carbocycles. The molecule has 0 aliphatic heterocycles. The van der Waals surface area contributed by atoms with Crippen molar-refractivity contribution in [2.75, 3.05) is 13.2 Å². The molecule has 1 heteroatoms. The largest absolute Gasteiger partial charge is 0.381 e. The van der Waals surface area contributed by atoms with Gasteiger partial charge < -0.3 is 4.74 Å². The van der Waals surface area contributed by atoms with Crippen LogP contribution in [-0.4, -0.2) is 13.2 Å².